The smallest absolute Gasteiger partial charge is 0.0450 e. The highest BCUT2D eigenvalue weighted by molar-refractivity contribution is 7.83. The molecule has 1 saturated carbocycles. The van der Waals surface area contributed by atoms with Crippen LogP contribution in [0.4, 0.5) is 0 Å². The maximum Gasteiger partial charge on any atom is 0.0450 e. The molecule has 0 heterocycles. The van der Waals surface area contributed by atoms with Gasteiger partial charge in [0.05, 0.1) is 0 Å². The Morgan fingerprint density at radius 3 is 2.64 bits per heavy atom. The molecule has 2 heteroatoms. The molecular formula is C9H12S2. The lowest BCUT2D eigenvalue weighted by Gasteiger charge is -2.41. The highest BCUT2D eigenvalue weighted by atomic mass is 32.1. The van der Waals surface area contributed by atoms with Gasteiger partial charge in [-0.1, -0.05) is 12.7 Å². The zero-order chi connectivity index (χ0) is 8.48. The van der Waals surface area contributed by atoms with Gasteiger partial charge in [-0.05, 0) is 29.4 Å². The molecule has 1 unspecified atom stereocenters. The Balaban J connectivity index is 2.68. The predicted octanol–water partition coefficient (Wildman–Crippen LogP) is 3.00. The summed E-state index contributed by atoms with van der Waals surface area (Å²) in [7, 11) is 0. The predicted molar refractivity (Wildman–Crippen MR) is 57.4 cm³/mol. The Labute approximate surface area is 78.9 Å². The number of rotatable bonds is 2. The standard InChI is InChI=1S/C9H12S2/c1-3-4-9(11)5-8(6-10)7(9)2/h3,6,10-11H,1-2,4-5H2/b8-6+. The van der Waals surface area contributed by atoms with Crippen LogP contribution in [0.2, 0.25) is 0 Å². The Kier molecular flexibility index (Phi) is 2.55. The average Bonchev–Trinajstić information content (AvgIpc) is 2.00. The molecule has 0 aromatic carbocycles. The summed E-state index contributed by atoms with van der Waals surface area (Å²) in [5, 5.41) is 1.81. The summed E-state index contributed by atoms with van der Waals surface area (Å²) >= 11 is 8.59. The monoisotopic (exact) mass is 184 g/mol. The van der Waals surface area contributed by atoms with Crippen molar-refractivity contribution in [3.8, 4) is 0 Å². The van der Waals surface area contributed by atoms with E-state index in [0.717, 1.165) is 18.4 Å². The third-order valence-corrected chi connectivity index (χ3v) is 2.99. The van der Waals surface area contributed by atoms with E-state index in [9.17, 15) is 0 Å². The fourth-order valence-corrected chi connectivity index (χ4v) is 1.97. The van der Waals surface area contributed by atoms with Gasteiger partial charge in [-0.2, -0.15) is 25.3 Å². The summed E-state index contributed by atoms with van der Waals surface area (Å²) in [6.45, 7) is 7.63. The van der Waals surface area contributed by atoms with Gasteiger partial charge in [0, 0.05) is 4.75 Å². The van der Waals surface area contributed by atoms with Crippen LogP contribution in [0.15, 0.2) is 35.8 Å². The lowest BCUT2D eigenvalue weighted by molar-refractivity contribution is 0.608. The van der Waals surface area contributed by atoms with Crippen molar-refractivity contribution in [1.29, 1.82) is 0 Å². The van der Waals surface area contributed by atoms with E-state index in [4.69, 9.17) is 0 Å². The van der Waals surface area contributed by atoms with Crippen LogP contribution >= 0.6 is 25.3 Å². The lowest BCUT2D eigenvalue weighted by Crippen LogP contribution is -2.35. The second kappa shape index (κ2) is 3.11. The minimum atomic E-state index is -0.0314. The van der Waals surface area contributed by atoms with E-state index in [2.05, 4.69) is 38.4 Å². The van der Waals surface area contributed by atoms with E-state index >= 15 is 0 Å². The van der Waals surface area contributed by atoms with E-state index < -0.39 is 0 Å². The van der Waals surface area contributed by atoms with Crippen molar-refractivity contribution in [2.75, 3.05) is 0 Å². The van der Waals surface area contributed by atoms with Crippen LogP contribution in [0.25, 0.3) is 0 Å². The molecule has 0 N–H and O–H groups in total. The van der Waals surface area contributed by atoms with E-state index in [1.165, 1.54) is 5.57 Å². The molecule has 0 aromatic heterocycles. The number of allylic oxidation sites excluding steroid dienone is 2. The minimum Gasteiger partial charge on any atom is -0.167 e. The summed E-state index contributed by atoms with van der Waals surface area (Å²) in [5.74, 6) is 0. The van der Waals surface area contributed by atoms with Crippen molar-refractivity contribution in [2.24, 2.45) is 0 Å². The molecule has 0 saturated heterocycles. The molecule has 0 aliphatic heterocycles. The summed E-state index contributed by atoms with van der Waals surface area (Å²) in [5.41, 5.74) is 2.31. The molecule has 1 rings (SSSR count). The van der Waals surface area contributed by atoms with Gasteiger partial charge in [0.2, 0.25) is 0 Å². The molecule has 0 radical (unpaired) electrons. The first kappa shape index (κ1) is 9.01. The fourth-order valence-electron chi connectivity index (χ4n) is 1.28. The summed E-state index contributed by atoms with van der Waals surface area (Å²) < 4.78 is -0.0314. The molecule has 0 nitrogen and oxygen atoms in total. The van der Waals surface area contributed by atoms with Gasteiger partial charge in [0.1, 0.15) is 0 Å². The second-order valence-electron chi connectivity index (χ2n) is 2.83. The quantitative estimate of drug-likeness (QED) is 0.478. The van der Waals surface area contributed by atoms with E-state index in [-0.39, 0.29) is 4.75 Å². The summed E-state index contributed by atoms with van der Waals surface area (Å²) in [6, 6.07) is 0. The number of thiol groups is 2. The largest absolute Gasteiger partial charge is 0.167 e. The Hall–Kier alpha value is -0.0800. The first-order valence-corrected chi connectivity index (χ1v) is 4.46. The normalized spacial score (nSPS) is 33.6. The maximum atomic E-state index is 4.52. The van der Waals surface area contributed by atoms with Crippen LogP contribution in [0, 0.1) is 0 Å². The van der Waals surface area contributed by atoms with Crippen molar-refractivity contribution >= 4 is 25.3 Å². The Morgan fingerprint density at radius 2 is 2.27 bits per heavy atom. The zero-order valence-electron chi connectivity index (χ0n) is 6.38. The van der Waals surface area contributed by atoms with Gasteiger partial charge in [-0.3, -0.25) is 0 Å². The van der Waals surface area contributed by atoms with Gasteiger partial charge in [-0.15, -0.1) is 6.58 Å². The van der Waals surface area contributed by atoms with E-state index in [1.807, 2.05) is 6.08 Å². The molecule has 11 heavy (non-hydrogen) atoms. The average molecular weight is 184 g/mol. The highest BCUT2D eigenvalue weighted by Gasteiger charge is 2.39. The SMILES string of the molecule is C=CCC1(S)C/C(=C\S)C1=C. The third kappa shape index (κ3) is 1.42. The minimum absolute atomic E-state index is 0.0314. The van der Waals surface area contributed by atoms with Crippen LogP contribution in [0.5, 0.6) is 0 Å². The lowest BCUT2D eigenvalue weighted by atomic mass is 9.73. The van der Waals surface area contributed by atoms with Crippen molar-refractivity contribution in [3.63, 3.8) is 0 Å². The molecule has 60 valence electrons. The zero-order valence-corrected chi connectivity index (χ0v) is 8.17. The second-order valence-corrected chi connectivity index (χ2v) is 3.95. The topological polar surface area (TPSA) is 0 Å². The van der Waals surface area contributed by atoms with Gasteiger partial charge in [0.15, 0.2) is 0 Å². The van der Waals surface area contributed by atoms with Gasteiger partial charge < -0.3 is 0 Å². The van der Waals surface area contributed by atoms with E-state index in [1.54, 1.807) is 5.41 Å². The van der Waals surface area contributed by atoms with Crippen LogP contribution in [-0.4, -0.2) is 4.75 Å². The molecule has 1 fully saturated rings. The molecule has 0 bridgehead atoms. The number of hydrogen-bond acceptors (Lipinski definition) is 2. The van der Waals surface area contributed by atoms with Gasteiger partial charge in [-0.25, -0.2) is 0 Å². The van der Waals surface area contributed by atoms with Crippen molar-refractivity contribution in [3.05, 3.63) is 35.8 Å². The number of hydrogen-bond donors (Lipinski definition) is 2. The van der Waals surface area contributed by atoms with Crippen molar-refractivity contribution in [2.45, 2.75) is 17.6 Å². The van der Waals surface area contributed by atoms with Crippen LogP contribution in [0.1, 0.15) is 12.8 Å². The Morgan fingerprint density at radius 1 is 1.64 bits per heavy atom. The van der Waals surface area contributed by atoms with Crippen LogP contribution in [0.3, 0.4) is 0 Å². The molecule has 1 aliphatic rings. The highest BCUT2D eigenvalue weighted by Crippen LogP contribution is 2.49. The van der Waals surface area contributed by atoms with Crippen LogP contribution in [-0.2, 0) is 0 Å². The first-order valence-electron chi connectivity index (χ1n) is 3.50. The van der Waals surface area contributed by atoms with Gasteiger partial charge >= 0.3 is 0 Å². The molecule has 0 spiro atoms. The van der Waals surface area contributed by atoms with Gasteiger partial charge in [0.25, 0.3) is 0 Å². The first-order chi connectivity index (χ1) is 5.14. The Bertz CT molecular complexity index is 228. The molecular weight excluding hydrogens is 172 g/mol. The van der Waals surface area contributed by atoms with Crippen molar-refractivity contribution < 1.29 is 0 Å². The fraction of sp³-hybridized carbons (Fsp3) is 0.333. The van der Waals surface area contributed by atoms with Crippen LogP contribution < -0.4 is 0 Å². The maximum absolute atomic E-state index is 4.52. The van der Waals surface area contributed by atoms with E-state index in [0.29, 0.717) is 0 Å². The summed E-state index contributed by atoms with van der Waals surface area (Å²) in [6.07, 6.45) is 3.73. The summed E-state index contributed by atoms with van der Waals surface area (Å²) in [4.78, 5) is 0. The third-order valence-electron chi connectivity index (χ3n) is 2.07. The molecule has 1 atom stereocenters. The molecule has 0 aromatic rings. The molecule has 0 amide bonds. The molecule has 1 aliphatic carbocycles. The van der Waals surface area contributed by atoms with Crippen molar-refractivity contribution in [1.82, 2.24) is 0 Å².